The molecule has 0 bridgehead atoms. The van der Waals surface area contributed by atoms with Gasteiger partial charge in [-0.3, -0.25) is 4.79 Å². The number of carbonyl (C=O) groups excluding carboxylic acids is 1. The van der Waals surface area contributed by atoms with E-state index in [1.165, 1.54) is 11.3 Å². The Morgan fingerprint density at radius 1 is 1.24 bits per heavy atom. The largest absolute Gasteiger partial charge is 0.382 e. The highest BCUT2D eigenvalue weighted by atomic mass is 32.1. The molecule has 0 spiro atoms. The Morgan fingerprint density at radius 3 is 2.19 bits per heavy atom. The average molecular weight is 310 g/mol. The van der Waals surface area contributed by atoms with Gasteiger partial charge in [0.1, 0.15) is 10.7 Å². The van der Waals surface area contributed by atoms with Crippen LogP contribution >= 0.6 is 11.3 Å². The smallest absolute Gasteiger partial charge is 0.265 e. The fourth-order valence-electron chi connectivity index (χ4n) is 2.62. The van der Waals surface area contributed by atoms with Gasteiger partial charge in [-0.2, -0.15) is 0 Å². The lowest BCUT2D eigenvalue weighted by Gasteiger charge is -2.19. The van der Waals surface area contributed by atoms with Crippen molar-refractivity contribution in [2.75, 3.05) is 11.1 Å². The Bertz CT molecular complexity index is 555. The minimum Gasteiger partial charge on any atom is -0.382 e. The van der Waals surface area contributed by atoms with E-state index in [2.05, 4.69) is 43.3 Å². The predicted octanol–water partition coefficient (Wildman–Crippen LogP) is 3.10. The van der Waals surface area contributed by atoms with Gasteiger partial charge < -0.3 is 16.4 Å². The topological polar surface area (TPSA) is 80.0 Å². The molecule has 1 aromatic heterocycles. The molecule has 118 valence electrons. The van der Waals surface area contributed by atoms with Crippen molar-refractivity contribution >= 4 is 28.2 Å². The van der Waals surface area contributed by atoms with Gasteiger partial charge in [0.15, 0.2) is 5.13 Å². The van der Waals surface area contributed by atoms with E-state index in [-0.39, 0.29) is 28.3 Å². The zero-order chi connectivity index (χ0) is 16.2. The molecule has 2 rings (SSSR count). The van der Waals surface area contributed by atoms with E-state index in [0.717, 1.165) is 0 Å². The highest BCUT2D eigenvalue weighted by Crippen LogP contribution is 2.62. The van der Waals surface area contributed by atoms with Crippen LogP contribution in [0.1, 0.15) is 58.1 Å². The van der Waals surface area contributed by atoms with Crippen molar-refractivity contribution in [3.05, 3.63) is 4.88 Å². The molecule has 0 saturated heterocycles. The van der Waals surface area contributed by atoms with Gasteiger partial charge in [0.25, 0.3) is 5.91 Å². The maximum absolute atomic E-state index is 12.4. The van der Waals surface area contributed by atoms with Crippen LogP contribution in [0.3, 0.4) is 0 Å². The van der Waals surface area contributed by atoms with Gasteiger partial charge in [0, 0.05) is 11.6 Å². The van der Waals surface area contributed by atoms with Crippen molar-refractivity contribution in [2.24, 2.45) is 10.8 Å². The van der Waals surface area contributed by atoms with Gasteiger partial charge in [0.2, 0.25) is 0 Å². The normalized spacial score (nSPS) is 20.1. The first-order valence-electron chi connectivity index (χ1n) is 7.21. The number of anilines is 2. The van der Waals surface area contributed by atoms with Crippen molar-refractivity contribution in [2.45, 2.75) is 60.0 Å². The summed E-state index contributed by atoms with van der Waals surface area (Å²) in [6.45, 7) is 14.8. The molecule has 6 heteroatoms. The SMILES string of the molecule is CC(C)(C)Nc1nc(N)c(C(=O)NC2C(C)(C)C2(C)C)s1. The number of carbonyl (C=O) groups is 1. The summed E-state index contributed by atoms with van der Waals surface area (Å²) in [6.07, 6.45) is 0. The number of aromatic nitrogens is 1. The lowest BCUT2D eigenvalue weighted by Crippen LogP contribution is -2.29. The lowest BCUT2D eigenvalue weighted by atomic mass is 10.0. The monoisotopic (exact) mass is 310 g/mol. The first-order valence-corrected chi connectivity index (χ1v) is 8.03. The minimum atomic E-state index is -0.129. The second kappa shape index (κ2) is 4.60. The van der Waals surface area contributed by atoms with Gasteiger partial charge >= 0.3 is 0 Å². The van der Waals surface area contributed by atoms with E-state index < -0.39 is 0 Å². The molecule has 1 aliphatic carbocycles. The first-order chi connectivity index (χ1) is 9.36. The van der Waals surface area contributed by atoms with E-state index in [0.29, 0.717) is 15.8 Å². The number of rotatable bonds is 3. The third kappa shape index (κ3) is 2.86. The molecule has 21 heavy (non-hydrogen) atoms. The third-order valence-corrected chi connectivity index (χ3v) is 5.62. The predicted molar refractivity (Wildman–Crippen MR) is 88.7 cm³/mol. The average Bonchev–Trinajstić information content (AvgIpc) is 2.58. The van der Waals surface area contributed by atoms with E-state index in [1.54, 1.807) is 0 Å². The van der Waals surface area contributed by atoms with Crippen LogP contribution in [0.25, 0.3) is 0 Å². The van der Waals surface area contributed by atoms with Gasteiger partial charge in [-0.15, -0.1) is 0 Å². The van der Waals surface area contributed by atoms with Gasteiger partial charge in [0.05, 0.1) is 0 Å². The zero-order valence-corrected chi connectivity index (χ0v) is 14.7. The lowest BCUT2D eigenvalue weighted by molar-refractivity contribution is 0.0948. The van der Waals surface area contributed by atoms with E-state index in [9.17, 15) is 4.79 Å². The number of amides is 1. The number of hydrogen-bond acceptors (Lipinski definition) is 5. The summed E-state index contributed by atoms with van der Waals surface area (Å²) in [5.74, 6) is 0.163. The molecule has 5 nitrogen and oxygen atoms in total. The van der Waals surface area contributed by atoms with Crippen LogP contribution in [-0.2, 0) is 0 Å². The Hall–Kier alpha value is -1.30. The third-order valence-electron chi connectivity index (χ3n) is 4.64. The molecule has 0 atom stereocenters. The molecule has 1 heterocycles. The molecular weight excluding hydrogens is 284 g/mol. The van der Waals surface area contributed by atoms with Crippen LogP contribution in [0.5, 0.6) is 0 Å². The van der Waals surface area contributed by atoms with E-state index >= 15 is 0 Å². The quantitative estimate of drug-likeness (QED) is 0.801. The Morgan fingerprint density at radius 2 is 1.76 bits per heavy atom. The Labute approximate surface area is 130 Å². The summed E-state index contributed by atoms with van der Waals surface area (Å²) >= 11 is 1.31. The van der Waals surface area contributed by atoms with Gasteiger partial charge in [-0.1, -0.05) is 39.0 Å². The van der Waals surface area contributed by atoms with Crippen LogP contribution in [0.15, 0.2) is 0 Å². The summed E-state index contributed by atoms with van der Waals surface area (Å²) in [7, 11) is 0. The zero-order valence-electron chi connectivity index (χ0n) is 13.9. The minimum absolute atomic E-state index is 0.106. The Kier molecular flexibility index (Phi) is 3.52. The fraction of sp³-hybridized carbons (Fsp3) is 0.733. The molecule has 0 unspecified atom stereocenters. The molecule has 0 aliphatic heterocycles. The number of nitrogens with two attached hydrogens (primary N) is 1. The van der Waals surface area contributed by atoms with Gasteiger partial charge in [-0.25, -0.2) is 4.98 Å². The van der Waals surface area contributed by atoms with Crippen molar-refractivity contribution in [3.63, 3.8) is 0 Å². The number of nitrogen functional groups attached to an aromatic ring is 1. The highest BCUT2D eigenvalue weighted by Gasteiger charge is 2.65. The molecule has 4 N–H and O–H groups in total. The summed E-state index contributed by atoms with van der Waals surface area (Å²) in [5.41, 5.74) is 5.99. The summed E-state index contributed by atoms with van der Waals surface area (Å²) < 4.78 is 0. The van der Waals surface area contributed by atoms with Crippen molar-refractivity contribution in [1.29, 1.82) is 0 Å². The number of thiazole rings is 1. The molecule has 1 saturated carbocycles. The van der Waals surface area contributed by atoms with Crippen LogP contribution in [0, 0.1) is 10.8 Å². The first kappa shape index (κ1) is 16.1. The maximum Gasteiger partial charge on any atom is 0.265 e. The summed E-state index contributed by atoms with van der Waals surface area (Å²) in [5, 5.41) is 7.02. The van der Waals surface area contributed by atoms with Crippen LogP contribution in [0.2, 0.25) is 0 Å². The molecule has 1 amide bonds. The summed E-state index contributed by atoms with van der Waals surface area (Å²) in [6, 6.07) is 0.165. The molecule has 0 radical (unpaired) electrons. The molecule has 1 aromatic rings. The van der Waals surface area contributed by atoms with E-state index in [1.807, 2.05) is 20.8 Å². The van der Waals surface area contributed by atoms with Crippen LogP contribution < -0.4 is 16.4 Å². The van der Waals surface area contributed by atoms with Crippen molar-refractivity contribution in [3.8, 4) is 0 Å². The molecule has 1 fully saturated rings. The van der Waals surface area contributed by atoms with Crippen molar-refractivity contribution in [1.82, 2.24) is 10.3 Å². The van der Waals surface area contributed by atoms with Gasteiger partial charge in [-0.05, 0) is 31.6 Å². The number of hydrogen-bond donors (Lipinski definition) is 3. The molecular formula is C15H26N4OS. The van der Waals surface area contributed by atoms with Crippen molar-refractivity contribution < 1.29 is 4.79 Å². The Balaban J connectivity index is 2.11. The number of nitrogens with zero attached hydrogens (tertiary/aromatic N) is 1. The van der Waals surface area contributed by atoms with Crippen LogP contribution in [-0.4, -0.2) is 22.5 Å². The number of nitrogens with one attached hydrogen (secondary N) is 2. The highest BCUT2D eigenvalue weighted by molar-refractivity contribution is 7.18. The maximum atomic E-state index is 12.4. The fourth-order valence-corrected chi connectivity index (χ4v) is 3.62. The van der Waals surface area contributed by atoms with Crippen LogP contribution in [0.4, 0.5) is 10.9 Å². The summed E-state index contributed by atoms with van der Waals surface area (Å²) in [4.78, 5) is 17.2. The second-order valence-corrected chi connectivity index (χ2v) is 8.96. The molecule has 1 aliphatic rings. The van der Waals surface area contributed by atoms with E-state index in [4.69, 9.17) is 5.73 Å². The standard InChI is InChI=1S/C15H26N4OS/c1-13(2,3)19-12-17-9(16)8(21-12)10(20)18-11-14(4,5)15(11,6)7/h11H,16H2,1-7H3,(H,17,19)(H,18,20). The molecule has 0 aromatic carbocycles. The second-order valence-electron chi connectivity index (χ2n) is 7.96.